The molecule has 0 heterocycles. The van der Waals surface area contributed by atoms with Crippen LogP contribution in [0.2, 0.25) is 0 Å². The van der Waals surface area contributed by atoms with E-state index in [1.807, 2.05) is 73.3 Å². The number of nitrogens with zero attached hydrogens (tertiary/aromatic N) is 2. The molecule has 0 aliphatic carbocycles. The summed E-state index contributed by atoms with van der Waals surface area (Å²) in [5.41, 5.74) is 2.57. The van der Waals surface area contributed by atoms with Crippen LogP contribution in [0.5, 0.6) is 5.75 Å². The molecule has 30 heavy (non-hydrogen) atoms. The van der Waals surface area contributed by atoms with Crippen molar-refractivity contribution >= 4 is 22.6 Å². The van der Waals surface area contributed by atoms with Gasteiger partial charge in [0.15, 0.2) is 6.61 Å². The zero-order valence-corrected chi connectivity index (χ0v) is 18.0. The monoisotopic (exact) mass is 404 g/mol. The predicted octanol–water partition coefficient (Wildman–Crippen LogP) is 4.46. The minimum absolute atomic E-state index is 0.0226. The molecule has 0 aliphatic heterocycles. The normalized spacial score (nSPS) is 10.7. The fraction of sp³-hybridized carbons (Fsp3) is 0.280. The molecule has 2 amide bonds. The molecule has 0 spiro atoms. The van der Waals surface area contributed by atoms with Gasteiger partial charge in [0.1, 0.15) is 5.75 Å². The summed E-state index contributed by atoms with van der Waals surface area (Å²) in [5, 5.41) is 2.08. The first-order valence-corrected chi connectivity index (χ1v) is 10.2. The van der Waals surface area contributed by atoms with Crippen molar-refractivity contribution in [3.8, 4) is 16.9 Å². The summed E-state index contributed by atoms with van der Waals surface area (Å²) in [6, 6.07) is 19.6. The van der Waals surface area contributed by atoms with Crippen LogP contribution in [0.25, 0.3) is 21.9 Å². The molecular formula is C25H28N2O3. The molecule has 5 heteroatoms. The van der Waals surface area contributed by atoms with Gasteiger partial charge in [-0.2, -0.15) is 0 Å². The second-order valence-electron chi connectivity index (χ2n) is 7.33. The van der Waals surface area contributed by atoms with E-state index in [0.29, 0.717) is 24.4 Å². The summed E-state index contributed by atoms with van der Waals surface area (Å²) in [5.74, 6) is 0.547. The highest BCUT2D eigenvalue weighted by Gasteiger charge is 2.15. The maximum absolute atomic E-state index is 12.8. The third-order valence-corrected chi connectivity index (χ3v) is 5.17. The van der Waals surface area contributed by atoms with Crippen LogP contribution in [0.1, 0.15) is 24.2 Å². The molecule has 0 aromatic heterocycles. The molecule has 0 saturated carbocycles. The zero-order valence-electron chi connectivity index (χ0n) is 18.0. The number of carbonyl (C=O) groups is 2. The lowest BCUT2D eigenvalue weighted by molar-refractivity contribution is -0.130. The number of fused-ring (bicyclic) bond motifs is 1. The molecule has 0 unspecified atom stereocenters. The molecule has 0 radical (unpaired) electrons. The number of ether oxygens (including phenoxy) is 1. The Morgan fingerprint density at radius 2 is 1.63 bits per heavy atom. The van der Waals surface area contributed by atoms with E-state index in [4.69, 9.17) is 4.74 Å². The van der Waals surface area contributed by atoms with Gasteiger partial charge in [-0.25, -0.2) is 0 Å². The van der Waals surface area contributed by atoms with Gasteiger partial charge in [-0.05, 0) is 60.0 Å². The van der Waals surface area contributed by atoms with Crippen LogP contribution in [0.15, 0.2) is 60.7 Å². The molecule has 0 saturated heterocycles. The van der Waals surface area contributed by atoms with Crippen molar-refractivity contribution in [2.45, 2.75) is 13.8 Å². The summed E-state index contributed by atoms with van der Waals surface area (Å²) in [6.07, 6.45) is 0. The van der Waals surface area contributed by atoms with Crippen molar-refractivity contribution in [2.75, 3.05) is 33.8 Å². The Labute approximate surface area is 177 Å². The molecule has 3 aromatic carbocycles. The topological polar surface area (TPSA) is 49.9 Å². The van der Waals surface area contributed by atoms with E-state index < -0.39 is 0 Å². The number of benzene rings is 3. The van der Waals surface area contributed by atoms with Gasteiger partial charge in [0.05, 0.1) is 0 Å². The summed E-state index contributed by atoms with van der Waals surface area (Å²) in [4.78, 5) is 28.1. The largest absolute Gasteiger partial charge is 0.484 e. The second-order valence-corrected chi connectivity index (χ2v) is 7.33. The van der Waals surface area contributed by atoms with Gasteiger partial charge in [0.25, 0.3) is 11.8 Å². The van der Waals surface area contributed by atoms with Crippen LogP contribution in [0, 0.1) is 0 Å². The predicted molar refractivity (Wildman–Crippen MR) is 121 cm³/mol. The first-order chi connectivity index (χ1) is 14.4. The Kier molecular flexibility index (Phi) is 6.72. The van der Waals surface area contributed by atoms with Crippen molar-refractivity contribution in [3.63, 3.8) is 0 Å². The number of hydrogen-bond acceptors (Lipinski definition) is 3. The molecule has 3 aromatic rings. The van der Waals surface area contributed by atoms with Crippen molar-refractivity contribution in [2.24, 2.45) is 0 Å². The van der Waals surface area contributed by atoms with Crippen LogP contribution in [0.3, 0.4) is 0 Å². The number of rotatable bonds is 7. The number of hydrogen-bond donors (Lipinski definition) is 0. The van der Waals surface area contributed by atoms with E-state index in [1.165, 1.54) is 4.90 Å². The Hall–Kier alpha value is -3.34. The highest BCUT2D eigenvalue weighted by Crippen LogP contribution is 2.33. The Morgan fingerprint density at radius 3 is 2.33 bits per heavy atom. The van der Waals surface area contributed by atoms with Crippen molar-refractivity contribution in [1.82, 2.24) is 9.80 Å². The standard InChI is InChI=1S/C25H28N2O3/c1-5-27(6-2)25(29)20-12-9-11-18(14-20)23-16-21(30-17-24(28)26(3)4)15-19-10-7-8-13-22(19)23/h7-16H,5-6,17H2,1-4H3. The summed E-state index contributed by atoms with van der Waals surface area (Å²) < 4.78 is 5.78. The van der Waals surface area contributed by atoms with Gasteiger partial charge in [-0.3, -0.25) is 9.59 Å². The Bertz CT molecular complexity index is 1060. The van der Waals surface area contributed by atoms with Crippen LogP contribution in [-0.2, 0) is 4.79 Å². The van der Waals surface area contributed by atoms with E-state index in [1.54, 1.807) is 14.1 Å². The zero-order chi connectivity index (χ0) is 21.7. The summed E-state index contributed by atoms with van der Waals surface area (Å²) in [6.45, 7) is 5.28. The molecule has 5 nitrogen and oxygen atoms in total. The van der Waals surface area contributed by atoms with E-state index >= 15 is 0 Å². The Balaban J connectivity index is 2.03. The fourth-order valence-electron chi connectivity index (χ4n) is 3.39. The van der Waals surface area contributed by atoms with Crippen LogP contribution >= 0.6 is 0 Å². The van der Waals surface area contributed by atoms with Gasteiger partial charge < -0.3 is 14.5 Å². The van der Waals surface area contributed by atoms with Crippen molar-refractivity contribution < 1.29 is 14.3 Å². The molecule has 0 N–H and O–H groups in total. The van der Waals surface area contributed by atoms with E-state index in [9.17, 15) is 9.59 Å². The summed E-state index contributed by atoms with van der Waals surface area (Å²) >= 11 is 0. The smallest absolute Gasteiger partial charge is 0.259 e. The molecule has 0 fully saturated rings. The van der Waals surface area contributed by atoms with Crippen LogP contribution in [0.4, 0.5) is 0 Å². The molecule has 3 rings (SSSR count). The van der Waals surface area contributed by atoms with Gasteiger partial charge in [0.2, 0.25) is 0 Å². The van der Waals surface area contributed by atoms with Gasteiger partial charge >= 0.3 is 0 Å². The maximum atomic E-state index is 12.8. The lowest BCUT2D eigenvalue weighted by Crippen LogP contribution is -2.30. The fourth-order valence-corrected chi connectivity index (χ4v) is 3.39. The van der Waals surface area contributed by atoms with Crippen molar-refractivity contribution in [3.05, 3.63) is 66.2 Å². The highest BCUT2D eigenvalue weighted by atomic mass is 16.5. The molecular weight excluding hydrogens is 376 g/mol. The van der Waals surface area contributed by atoms with Gasteiger partial charge in [-0.1, -0.05) is 36.4 Å². The number of likely N-dealkylation sites (N-methyl/N-ethyl adjacent to an activating group) is 1. The lowest BCUT2D eigenvalue weighted by Gasteiger charge is -2.19. The van der Waals surface area contributed by atoms with E-state index in [2.05, 4.69) is 6.07 Å². The maximum Gasteiger partial charge on any atom is 0.259 e. The molecule has 0 bridgehead atoms. The van der Waals surface area contributed by atoms with Gasteiger partial charge in [-0.15, -0.1) is 0 Å². The average Bonchev–Trinajstić information content (AvgIpc) is 2.77. The average molecular weight is 405 g/mol. The molecule has 156 valence electrons. The number of amides is 2. The van der Waals surface area contributed by atoms with Crippen molar-refractivity contribution in [1.29, 1.82) is 0 Å². The first kappa shape index (κ1) is 21.4. The Morgan fingerprint density at radius 1 is 0.900 bits per heavy atom. The minimum Gasteiger partial charge on any atom is -0.484 e. The van der Waals surface area contributed by atoms with E-state index in [-0.39, 0.29) is 18.4 Å². The summed E-state index contributed by atoms with van der Waals surface area (Å²) in [7, 11) is 3.41. The van der Waals surface area contributed by atoms with Gasteiger partial charge in [0, 0.05) is 32.7 Å². The third kappa shape index (κ3) is 4.62. The van der Waals surface area contributed by atoms with Crippen LogP contribution in [-0.4, -0.2) is 55.4 Å². The minimum atomic E-state index is -0.100. The quantitative estimate of drug-likeness (QED) is 0.584. The van der Waals surface area contributed by atoms with E-state index in [0.717, 1.165) is 21.9 Å². The SMILES string of the molecule is CCN(CC)C(=O)c1cccc(-c2cc(OCC(=O)N(C)C)cc3ccccc23)c1. The molecule has 0 atom stereocenters. The highest BCUT2D eigenvalue weighted by molar-refractivity contribution is 6.00. The second kappa shape index (κ2) is 9.44. The van der Waals surface area contributed by atoms with Crippen LogP contribution < -0.4 is 4.74 Å². The molecule has 0 aliphatic rings. The third-order valence-electron chi connectivity index (χ3n) is 5.17. The lowest BCUT2D eigenvalue weighted by atomic mass is 9.96. The first-order valence-electron chi connectivity index (χ1n) is 10.2. The number of carbonyl (C=O) groups excluding carboxylic acids is 2.